The van der Waals surface area contributed by atoms with Crippen LogP contribution in [-0.4, -0.2) is 29.1 Å². The highest BCUT2D eigenvalue weighted by Crippen LogP contribution is 2.44. The van der Waals surface area contributed by atoms with Gasteiger partial charge in [-0.3, -0.25) is 14.9 Å². The number of benzene rings is 1. The fraction of sp³-hybridized carbons (Fsp3) is 0.417. The van der Waals surface area contributed by atoms with E-state index in [1.165, 1.54) is 19.1 Å². The number of hydrogen-bond donors (Lipinski definition) is 1. The maximum Gasteiger partial charge on any atom is 0.302 e. The molecule has 0 aliphatic carbocycles. The van der Waals surface area contributed by atoms with Crippen molar-refractivity contribution in [3.63, 3.8) is 0 Å². The molecule has 7 nitrogen and oxygen atoms in total. The van der Waals surface area contributed by atoms with Gasteiger partial charge in [-0.25, -0.2) is 0 Å². The predicted octanol–water partition coefficient (Wildman–Crippen LogP) is 2.29. The van der Waals surface area contributed by atoms with Crippen LogP contribution < -0.4 is 10.1 Å². The monoisotopic (exact) mass is 300 g/mol. The van der Waals surface area contributed by atoms with Gasteiger partial charge in [0.25, 0.3) is 5.69 Å². The van der Waals surface area contributed by atoms with Crippen LogP contribution in [0.4, 0.5) is 11.4 Å². The summed E-state index contributed by atoms with van der Waals surface area (Å²) in [4.78, 5) is 21.2. The van der Waals surface area contributed by atoms with Crippen LogP contribution >= 0.6 is 11.6 Å². The molecule has 1 N–H and O–H groups in total. The van der Waals surface area contributed by atoms with E-state index in [-0.39, 0.29) is 24.6 Å². The zero-order valence-electron chi connectivity index (χ0n) is 10.7. The first kappa shape index (κ1) is 14.4. The molecule has 1 heterocycles. The molecule has 20 heavy (non-hydrogen) atoms. The van der Waals surface area contributed by atoms with E-state index in [9.17, 15) is 14.9 Å². The number of anilines is 1. The van der Waals surface area contributed by atoms with E-state index in [4.69, 9.17) is 21.1 Å². The largest absolute Gasteiger partial charge is 0.466 e. The van der Waals surface area contributed by atoms with Crippen LogP contribution in [0.15, 0.2) is 18.2 Å². The lowest BCUT2D eigenvalue weighted by molar-refractivity contribution is -0.383. The summed E-state index contributed by atoms with van der Waals surface area (Å²) < 4.78 is 10.5. The normalized spacial score (nSPS) is 19.7. The Morgan fingerprint density at radius 2 is 2.35 bits per heavy atom. The number of alkyl halides is 1. The number of carbonyl (C=O) groups excluding carboxylic acids is 1. The Morgan fingerprint density at radius 1 is 1.60 bits per heavy atom. The zero-order valence-corrected chi connectivity index (χ0v) is 11.5. The molecule has 1 aromatic carbocycles. The number of nitro groups is 1. The van der Waals surface area contributed by atoms with Crippen molar-refractivity contribution < 1.29 is 19.2 Å². The Balaban J connectivity index is 2.18. The van der Waals surface area contributed by atoms with E-state index in [1.54, 1.807) is 6.07 Å². The molecule has 0 amide bonds. The Labute approximate surface area is 120 Å². The smallest absolute Gasteiger partial charge is 0.302 e. The molecule has 0 bridgehead atoms. The van der Waals surface area contributed by atoms with Gasteiger partial charge in [0.05, 0.1) is 17.4 Å². The maximum atomic E-state index is 11.0. The summed E-state index contributed by atoms with van der Waals surface area (Å²) in [6, 6.07) is 4.54. The van der Waals surface area contributed by atoms with Gasteiger partial charge in [-0.15, -0.1) is 11.6 Å². The van der Waals surface area contributed by atoms with Gasteiger partial charge in [-0.1, -0.05) is 6.07 Å². The molecule has 8 heteroatoms. The van der Waals surface area contributed by atoms with Crippen molar-refractivity contribution in [1.29, 1.82) is 0 Å². The summed E-state index contributed by atoms with van der Waals surface area (Å²) in [6.45, 7) is 1.41. The minimum absolute atomic E-state index is 0.0557. The molecular weight excluding hydrogens is 288 g/mol. The Kier molecular flexibility index (Phi) is 3.99. The fourth-order valence-corrected chi connectivity index (χ4v) is 2.20. The number of ether oxygens (including phenoxy) is 2. The summed E-state index contributed by atoms with van der Waals surface area (Å²) in [5, 5.41) is 13.9. The lowest BCUT2D eigenvalue weighted by Crippen LogP contribution is -2.43. The van der Waals surface area contributed by atoms with Crippen LogP contribution in [0.2, 0.25) is 0 Å². The third-order valence-electron chi connectivity index (χ3n) is 2.89. The number of nitrogens with one attached hydrogen (secondary N) is 1. The van der Waals surface area contributed by atoms with Gasteiger partial charge < -0.3 is 14.8 Å². The fourth-order valence-electron chi connectivity index (χ4n) is 1.95. The number of halogens is 1. The molecule has 1 aliphatic heterocycles. The van der Waals surface area contributed by atoms with Crippen LogP contribution in [-0.2, 0) is 9.53 Å². The Hall–Kier alpha value is -2.02. The number of nitrogens with zero attached hydrogens (tertiary/aromatic N) is 1. The van der Waals surface area contributed by atoms with Crippen molar-refractivity contribution in [2.24, 2.45) is 0 Å². The molecule has 0 saturated carbocycles. The van der Waals surface area contributed by atoms with Crippen LogP contribution in [0.5, 0.6) is 5.75 Å². The molecule has 1 aromatic rings. The van der Waals surface area contributed by atoms with Crippen molar-refractivity contribution in [2.75, 3.05) is 17.8 Å². The maximum absolute atomic E-state index is 11.0. The van der Waals surface area contributed by atoms with Crippen molar-refractivity contribution in [3.8, 4) is 5.75 Å². The highest BCUT2D eigenvalue weighted by Gasteiger charge is 2.41. The molecule has 0 fully saturated rings. The van der Waals surface area contributed by atoms with Gasteiger partial charge in [-0.05, 0) is 6.07 Å². The average molecular weight is 301 g/mol. The minimum Gasteiger partial charge on any atom is -0.466 e. The van der Waals surface area contributed by atoms with Crippen LogP contribution in [0.3, 0.4) is 0 Å². The number of hydrogen-bond acceptors (Lipinski definition) is 6. The SMILES string of the molecule is CC(=O)OCCC1(CCl)Nc2c(cccc2[N+](=O)[O-])O1. The van der Waals surface area contributed by atoms with E-state index < -0.39 is 16.6 Å². The lowest BCUT2D eigenvalue weighted by Gasteiger charge is -2.26. The van der Waals surface area contributed by atoms with Gasteiger partial charge in [0, 0.05) is 19.4 Å². The van der Waals surface area contributed by atoms with Crippen molar-refractivity contribution in [3.05, 3.63) is 28.3 Å². The average Bonchev–Trinajstić information content (AvgIpc) is 2.76. The second-order valence-corrected chi connectivity index (χ2v) is 4.62. The number of carbonyl (C=O) groups is 1. The standard InChI is InChI=1S/C12H13ClN2O5/c1-8(16)19-6-5-12(7-13)14-11-9(15(17)18)3-2-4-10(11)20-12/h2-4,14H,5-7H2,1H3. The van der Waals surface area contributed by atoms with Crippen LogP contribution in [0.25, 0.3) is 0 Å². The van der Waals surface area contributed by atoms with Gasteiger partial charge in [-0.2, -0.15) is 0 Å². The van der Waals surface area contributed by atoms with E-state index in [0.717, 1.165) is 0 Å². The molecule has 0 aromatic heterocycles. The van der Waals surface area contributed by atoms with E-state index >= 15 is 0 Å². The van der Waals surface area contributed by atoms with Crippen molar-refractivity contribution in [2.45, 2.75) is 19.1 Å². The van der Waals surface area contributed by atoms with Gasteiger partial charge >= 0.3 is 5.97 Å². The third kappa shape index (κ3) is 2.77. The Bertz CT molecular complexity index is 551. The van der Waals surface area contributed by atoms with Gasteiger partial charge in [0.15, 0.2) is 17.2 Å². The Morgan fingerprint density at radius 3 is 2.95 bits per heavy atom. The van der Waals surface area contributed by atoms with Crippen LogP contribution in [0, 0.1) is 10.1 Å². The molecule has 1 atom stereocenters. The van der Waals surface area contributed by atoms with Crippen molar-refractivity contribution in [1.82, 2.24) is 0 Å². The molecule has 0 saturated heterocycles. The quantitative estimate of drug-likeness (QED) is 0.388. The second-order valence-electron chi connectivity index (χ2n) is 4.35. The first-order valence-corrected chi connectivity index (χ1v) is 6.45. The zero-order chi connectivity index (χ0) is 14.8. The minimum atomic E-state index is -1.01. The van der Waals surface area contributed by atoms with Crippen LogP contribution in [0.1, 0.15) is 13.3 Å². The predicted molar refractivity (Wildman–Crippen MR) is 72.0 cm³/mol. The summed E-state index contributed by atoms with van der Waals surface area (Å²) in [6.07, 6.45) is 0.280. The number of para-hydroxylation sites is 1. The topological polar surface area (TPSA) is 90.7 Å². The third-order valence-corrected chi connectivity index (χ3v) is 3.32. The number of rotatable bonds is 5. The molecule has 1 unspecified atom stereocenters. The molecule has 0 radical (unpaired) electrons. The van der Waals surface area contributed by atoms with E-state index in [1.807, 2.05) is 0 Å². The molecule has 0 spiro atoms. The molecule has 2 rings (SSSR count). The number of nitro benzene ring substituents is 1. The lowest BCUT2D eigenvalue weighted by atomic mass is 10.2. The first-order valence-electron chi connectivity index (χ1n) is 5.91. The second kappa shape index (κ2) is 5.54. The number of esters is 1. The number of fused-ring (bicyclic) bond motifs is 1. The summed E-state index contributed by atoms with van der Waals surface area (Å²) >= 11 is 5.90. The first-order chi connectivity index (χ1) is 9.47. The molecule has 1 aliphatic rings. The molecule has 108 valence electrons. The van der Waals surface area contributed by atoms with E-state index in [0.29, 0.717) is 11.4 Å². The molecular formula is C12H13ClN2O5. The van der Waals surface area contributed by atoms with Crippen molar-refractivity contribution >= 4 is 28.9 Å². The highest BCUT2D eigenvalue weighted by atomic mass is 35.5. The van der Waals surface area contributed by atoms with E-state index in [2.05, 4.69) is 5.32 Å². The van der Waals surface area contributed by atoms with Gasteiger partial charge in [0.2, 0.25) is 0 Å². The summed E-state index contributed by atoms with van der Waals surface area (Å²) in [5.41, 5.74) is -0.797. The van der Waals surface area contributed by atoms with Gasteiger partial charge in [0.1, 0.15) is 0 Å². The highest BCUT2D eigenvalue weighted by molar-refractivity contribution is 6.18. The summed E-state index contributed by atoms with van der Waals surface area (Å²) in [7, 11) is 0. The summed E-state index contributed by atoms with van der Waals surface area (Å²) in [5.74, 6) is 0.0130.